The van der Waals surface area contributed by atoms with Gasteiger partial charge < -0.3 is 30.2 Å². The molecule has 0 spiro atoms. The number of nitrogens with zero attached hydrogens (tertiary/aromatic N) is 2. The maximum atomic E-state index is 11.2. The molecule has 2 rings (SSSR count). The third-order valence-corrected chi connectivity index (χ3v) is 9.99. The van der Waals surface area contributed by atoms with E-state index in [0.717, 1.165) is 75.7 Å². The van der Waals surface area contributed by atoms with Gasteiger partial charge in [0.2, 0.25) is 20.0 Å². The average Bonchev–Trinajstić information content (AvgIpc) is 3.15. The van der Waals surface area contributed by atoms with E-state index in [2.05, 4.69) is 46.9 Å². The van der Waals surface area contributed by atoms with Crippen LogP contribution in [0.25, 0.3) is 0 Å². The van der Waals surface area contributed by atoms with Crippen molar-refractivity contribution in [2.45, 2.75) is 117 Å². The molecule has 2 aromatic carbocycles. The van der Waals surface area contributed by atoms with Crippen LogP contribution in [0, 0.1) is 0 Å². The average molecular weight is 857 g/mol. The van der Waals surface area contributed by atoms with Gasteiger partial charge in [-0.1, -0.05) is 77.6 Å². The number of carboxylic acids is 2. The number of sulfonamides is 2. The molecule has 0 aromatic heterocycles. The number of carboxylic acid groups (broad SMARTS) is 2. The van der Waals surface area contributed by atoms with Crippen LogP contribution in [0.15, 0.2) is 60.7 Å². The Morgan fingerprint density at radius 1 is 0.534 bits per heavy atom. The molecule has 2 aromatic rings. The van der Waals surface area contributed by atoms with Gasteiger partial charge in [0.05, 0.1) is 24.7 Å². The van der Waals surface area contributed by atoms with E-state index in [1.54, 1.807) is 48.5 Å². The van der Waals surface area contributed by atoms with E-state index in [-0.39, 0.29) is 0 Å². The van der Waals surface area contributed by atoms with Crippen molar-refractivity contribution in [2.75, 3.05) is 61.2 Å². The third-order valence-electron chi connectivity index (χ3n) is 8.78. The van der Waals surface area contributed by atoms with Crippen LogP contribution in [0.1, 0.15) is 128 Å². The van der Waals surface area contributed by atoms with Gasteiger partial charge >= 0.3 is 11.9 Å². The van der Waals surface area contributed by atoms with E-state index >= 15 is 0 Å². The number of anilines is 2. The first-order chi connectivity index (χ1) is 27.3. The van der Waals surface area contributed by atoms with E-state index in [1.165, 1.54) is 51.4 Å². The molecule has 0 radical (unpaired) electrons. The van der Waals surface area contributed by atoms with Crippen molar-refractivity contribution in [3.8, 4) is 0 Å². The molecule has 0 bridgehead atoms. The number of nitrogens with one attached hydrogen (secondary N) is 2. The normalized spacial score (nSPS) is 12.7. The third kappa shape index (κ3) is 30.5. The molecule has 2 atom stereocenters. The summed E-state index contributed by atoms with van der Waals surface area (Å²) < 4.78 is 49.7. The first-order valence-electron chi connectivity index (χ1n) is 20.4. The fourth-order valence-electron chi connectivity index (χ4n) is 5.66. The first-order valence-corrected chi connectivity index (χ1v) is 24.2. The highest BCUT2D eigenvalue weighted by Crippen LogP contribution is 2.22. The molecule has 6 N–H and O–H groups in total. The molecule has 0 heterocycles. The predicted octanol–water partition coefficient (Wildman–Crippen LogP) is 7.26. The molecule has 0 aliphatic rings. The van der Waals surface area contributed by atoms with Gasteiger partial charge in [0.25, 0.3) is 0 Å². The van der Waals surface area contributed by atoms with Gasteiger partial charge in [-0.15, -0.1) is 0 Å². The zero-order valence-corrected chi connectivity index (χ0v) is 37.2. The van der Waals surface area contributed by atoms with Gasteiger partial charge in [0.15, 0.2) is 0 Å². The largest absolute Gasteiger partial charge is 0.478 e. The van der Waals surface area contributed by atoms with Crippen LogP contribution >= 0.6 is 0 Å². The summed E-state index contributed by atoms with van der Waals surface area (Å²) in [4.78, 5) is 24.1. The number of carbonyl (C=O) groups is 2. The lowest BCUT2D eigenvalue weighted by molar-refractivity contribution is -0.134. The smallest absolute Gasteiger partial charge is 0.328 e. The van der Waals surface area contributed by atoms with Crippen molar-refractivity contribution < 1.29 is 46.9 Å². The van der Waals surface area contributed by atoms with Crippen molar-refractivity contribution >= 4 is 43.4 Å². The van der Waals surface area contributed by atoms with Crippen LogP contribution < -0.4 is 9.44 Å². The summed E-state index contributed by atoms with van der Waals surface area (Å²) in [6.45, 7) is 15.4. The maximum Gasteiger partial charge on any atom is 0.328 e. The van der Waals surface area contributed by atoms with Crippen LogP contribution in [-0.4, -0.2) is 111 Å². The molecular formula is C42H72N4O10S2. The summed E-state index contributed by atoms with van der Waals surface area (Å²) in [5.74, 6) is -2.51. The van der Waals surface area contributed by atoms with Crippen molar-refractivity contribution in [1.29, 1.82) is 0 Å². The zero-order chi connectivity index (χ0) is 44.0. The molecule has 0 amide bonds. The Bertz CT molecular complexity index is 1500. The number of aliphatic hydroxyl groups is 2. The molecule has 0 fully saturated rings. The van der Waals surface area contributed by atoms with E-state index in [0.29, 0.717) is 36.4 Å². The van der Waals surface area contributed by atoms with Gasteiger partial charge in [0, 0.05) is 23.5 Å². The second kappa shape index (κ2) is 31.4. The van der Waals surface area contributed by atoms with Gasteiger partial charge in [-0.25, -0.2) is 26.4 Å². The molecule has 0 aliphatic carbocycles. The predicted molar refractivity (Wildman–Crippen MR) is 235 cm³/mol. The van der Waals surface area contributed by atoms with Gasteiger partial charge in [-0.3, -0.25) is 9.44 Å². The monoisotopic (exact) mass is 856 g/mol. The topological polar surface area (TPSA) is 214 Å². The quantitative estimate of drug-likeness (QED) is 0.0467. The lowest BCUT2D eigenvalue weighted by atomic mass is 10.0. The van der Waals surface area contributed by atoms with E-state index in [1.807, 2.05) is 0 Å². The second-order valence-electron chi connectivity index (χ2n) is 14.4. The Hall–Kier alpha value is -3.54. The first kappa shape index (κ1) is 54.5. The van der Waals surface area contributed by atoms with Crippen molar-refractivity contribution in [2.24, 2.45) is 0 Å². The second-order valence-corrected chi connectivity index (χ2v) is 17.9. The number of aliphatic hydroxyl groups excluding tert-OH is 2. The zero-order valence-electron chi connectivity index (χ0n) is 35.6. The van der Waals surface area contributed by atoms with Crippen LogP contribution in [0.2, 0.25) is 0 Å². The molecule has 0 saturated heterocycles. The minimum Gasteiger partial charge on any atom is -0.478 e. The highest BCUT2D eigenvalue weighted by Gasteiger charge is 2.12. The number of aliphatic carboxylic acids is 2. The molecule has 16 heteroatoms. The minimum absolute atomic E-state index is 0.508. The Balaban J connectivity index is 0.000000943. The number of hydrogen-bond donors (Lipinski definition) is 6. The summed E-state index contributed by atoms with van der Waals surface area (Å²) in [6.07, 6.45) is 15.4. The minimum atomic E-state index is -3.27. The Morgan fingerprint density at radius 3 is 1.02 bits per heavy atom. The Morgan fingerprint density at radius 2 is 0.793 bits per heavy atom. The summed E-state index contributed by atoms with van der Waals surface area (Å²) in [5.41, 5.74) is 2.69. The van der Waals surface area contributed by atoms with Crippen molar-refractivity contribution in [3.05, 3.63) is 71.8 Å². The number of unbranched alkanes of at least 4 members (excludes halogenated alkanes) is 4. The molecular weight excluding hydrogens is 785 g/mol. The van der Waals surface area contributed by atoms with Crippen LogP contribution in [0.4, 0.5) is 11.4 Å². The van der Waals surface area contributed by atoms with Gasteiger partial charge in [-0.05, 0) is 126 Å². The SMILES string of the molecule is CCCCN(CCCC)CCC[C@@H](O)c1ccc(NS(C)(=O)=O)cc1.CCCCN(CCCC)CCC[C@@H](O)c1ccc(NS(C)(=O)=O)cc1.O=C(O)/C=C/C(=O)O. The standard InChI is InChI=1S/2C19H34N2O3S.C4H4O4/c2*1-4-6-14-21(15-7-5-2)16-8-9-19(22)17-10-12-18(13-11-17)20-25(3,23)24;5-3(6)1-2-4(7)8/h2*10-13,19-20,22H,4-9,14-16H2,1-3H3;1-2H,(H,5,6)(H,7,8)/b;;2-1+/t2*19-;/m11./s1. The molecule has 58 heavy (non-hydrogen) atoms. The van der Waals surface area contributed by atoms with Crippen LogP contribution in [0.3, 0.4) is 0 Å². The molecule has 332 valence electrons. The summed E-state index contributed by atoms with van der Waals surface area (Å²) >= 11 is 0. The van der Waals surface area contributed by atoms with E-state index < -0.39 is 44.2 Å². The van der Waals surface area contributed by atoms with Crippen molar-refractivity contribution in [3.63, 3.8) is 0 Å². The molecule has 0 unspecified atom stereocenters. The van der Waals surface area contributed by atoms with Gasteiger partial charge in [0.1, 0.15) is 0 Å². The maximum absolute atomic E-state index is 11.2. The Labute approximate surface area is 348 Å². The van der Waals surface area contributed by atoms with Crippen LogP contribution in [0.5, 0.6) is 0 Å². The molecule has 0 aliphatic heterocycles. The fraction of sp³-hybridized carbons (Fsp3) is 0.619. The molecule has 0 saturated carbocycles. The highest BCUT2D eigenvalue weighted by atomic mass is 32.2. The Kier molecular flexibility index (Phi) is 29.5. The number of benzene rings is 2. The lowest BCUT2D eigenvalue weighted by Crippen LogP contribution is -2.27. The summed E-state index contributed by atoms with van der Waals surface area (Å²) in [6, 6.07) is 13.9. The molecule has 14 nitrogen and oxygen atoms in total. The summed E-state index contributed by atoms with van der Waals surface area (Å²) in [5, 5.41) is 36.3. The van der Waals surface area contributed by atoms with E-state index in [9.17, 15) is 36.6 Å². The number of hydrogen-bond acceptors (Lipinski definition) is 10. The van der Waals surface area contributed by atoms with Crippen molar-refractivity contribution in [1.82, 2.24) is 9.80 Å². The lowest BCUT2D eigenvalue weighted by Gasteiger charge is -2.22. The van der Waals surface area contributed by atoms with Crippen LogP contribution in [-0.2, 0) is 29.6 Å². The van der Waals surface area contributed by atoms with Gasteiger partial charge in [-0.2, -0.15) is 0 Å². The van der Waals surface area contributed by atoms with E-state index in [4.69, 9.17) is 10.2 Å². The number of rotatable bonds is 28. The highest BCUT2D eigenvalue weighted by molar-refractivity contribution is 7.92. The fourth-order valence-corrected chi connectivity index (χ4v) is 6.79. The summed E-state index contributed by atoms with van der Waals surface area (Å²) in [7, 11) is -6.54.